The Morgan fingerprint density at radius 3 is 1.97 bits per heavy atom. The predicted molar refractivity (Wildman–Crippen MR) is 107 cm³/mol. The van der Waals surface area contributed by atoms with Gasteiger partial charge in [-0.1, -0.05) is 23.2 Å². The second-order valence-corrected chi connectivity index (χ2v) is 8.41. The maximum Gasteiger partial charge on any atom is 0.258 e. The Hall–Kier alpha value is -2.51. The third kappa shape index (κ3) is 4.57. The number of hydrogen-bond donors (Lipinski definition) is 2. The van der Waals surface area contributed by atoms with Crippen LogP contribution >= 0.6 is 23.2 Å². The zero-order valence-corrected chi connectivity index (χ0v) is 16.9. The van der Waals surface area contributed by atoms with Gasteiger partial charge in [-0.3, -0.25) is 9.59 Å². The lowest BCUT2D eigenvalue weighted by Gasteiger charge is -2.70. The minimum absolute atomic E-state index is 0.0648. The number of ether oxygens (including phenoxy) is 2. The molecule has 0 unspecified atom stereocenters. The molecule has 2 bridgehead atoms. The summed E-state index contributed by atoms with van der Waals surface area (Å²) in [4.78, 5) is 28.2. The summed E-state index contributed by atoms with van der Waals surface area (Å²) < 4.78 is 10.8. The average molecular weight is 436 g/mol. The molecule has 5 rings (SSSR count). The first-order valence-corrected chi connectivity index (χ1v) is 9.86. The number of carbonyl (C=O) groups excluding carboxylic acids is 2. The topological polar surface area (TPSA) is 89.6 Å². The van der Waals surface area contributed by atoms with E-state index in [1.807, 2.05) is 0 Å². The maximum atomic E-state index is 12.1. The Morgan fingerprint density at radius 2 is 1.41 bits per heavy atom. The average Bonchev–Trinajstić information content (AvgIpc) is 2.64. The van der Waals surface area contributed by atoms with E-state index >= 15 is 0 Å². The van der Waals surface area contributed by atoms with Crippen molar-refractivity contribution in [1.29, 1.82) is 0 Å². The summed E-state index contributed by atoms with van der Waals surface area (Å²) in [6.45, 7) is -0.185. The lowest BCUT2D eigenvalue weighted by molar-refractivity contribution is -0.151. The highest BCUT2D eigenvalue weighted by atomic mass is 35.5. The summed E-state index contributed by atoms with van der Waals surface area (Å²) in [5, 5.41) is 7.11. The van der Waals surface area contributed by atoms with Crippen molar-refractivity contribution >= 4 is 35.0 Å². The zero-order chi connectivity index (χ0) is 20.5. The van der Waals surface area contributed by atoms with Gasteiger partial charge in [-0.05, 0) is 49.6 Å². The summed E-state index contributed by atoms with van der Waals surface area (Å²) >= 11 is 11.6. The van der Waals surface area contributed by atoms with Gasteiger partial charge in [0.2, 0.25) is 5.88 Å². The first kappa shape index (κ1) is 19.8. The third-order valence-electron chi connectivity index (χ3n) is 5.07. The van der Waals surface area contributed by atoms with E-state index in [2.05, 4.69) is 15.6 Å². The van der Waals surface area contributed by atoms with Crippen LogP contribution in [0.15, 0.2) is 42.6 Å². The lowest BCUT2D eigenvalue weighted by atomic mass is 9.44. The number of pyridine rings is 1. The van der Waals surface area contributed by atoms with Crippen molar-refractivity contribution in [2.45, 2.75) is 30.3 Å². The van der Waals surface area contributed by atoms with E-state index in [1.54, 1.807) is 36.4 Å². The fourth-order valence-corrected chi connectivity index (χ4v) is 4.22. The van der Waals surface area contributed by atoms with E-state index in [0.29, 0.717) is 40.9 Å². The van der Waals surface area contributed by atoms with Gasteiger partial charge in [0.15, 0.2) is 13.2 Å². The van der Waals surface area contributed by atoms with Gasteiger partial charge >= 0.3 is 0 Å². The minimum Gasteiger partial charge on any atom is -0.484 e. The van der Waals surface area contributed by atoms with Crippen molar-refractivity contribution in [1.82, 2.24) is 15.6 Å². The molecule has 0 saturated heterocycles. The largest absolute Gasteiger partial charge is 0.484 e. The van der Waals surface area contributed by atoms with E-state index in [-0.39, 0.29) is 36.1 Å². The van der Waals surface area contributed by atoms with E-state index in [9.17, 15) is 9.59 Å². The van der Waals surface area contributed by atoms with Gasteiger partial charge in [-0.25, -0.2) is 4.98 Å². The molecule has 2 N–H and O–H groups in total. The highest BCUT2D eigenvalue weighted by molar-refractivity contribution is 6.30. The Bertz CT molecular complexity index is 825. The molecule has 152 valence electrons. The summed E-state index contributed by atoms with van der Waals surface area (Å²) in [7, 11) is 0. The van der Waals surface area contributed by atoms with Crippen LogP contribution < -0.4 is 20.1 Å². The third-order valence-corrected chi connectivity index (χ3v) is 5.55. The van der Waals surface area contributed by atoms with Crippen molar-refractivity contribution in [3.8, 4) is 11.6 Å². The van der Waals surface area contributed by atoms with Crippen LogP contribution in [-0.4, -0.2) is 41.1 Å². The molecular weight excluding hydrogens is 417 g/mol. The molecule has 3 fully saturated rings. The number of benzene rings is 1. The number of amides is 2. The molecular formula is C20H19Cl2N3O4. The minimum atomic E-state index is -0.252. The lowest BCUT2D eigenvalue weighted by Crippen LogP contribution is -2.84. The molecule has 29 heavy (non-hydrogen) atoms. The molecule has 3 saturated carbocycles. The number of nitrogens with zero attached hydrogens (tertiary/aromatic N) is 1. The molecule has 2 aromatic rings. The SMILES string of the molecule is O=C(COc1ccc(Cl)cc1)NC12CC(NC(=O)COc3ccc(Cl)cn3)(C1)C2. The number of rotatable bonds is 8. The number of carbonyl (C=O) groups is 2. The molecule has 0 radical (unpaired) electrons. The van der Waals surface area contributed by atoms with Gasteiger partial charge in [0.25, 0.3) is 11.8 Å². The van der Waals surface area contributed by atoms with Crippen LogP contribution in [0.4, 0.5) is 0 Å². The van der Waals surface area contributed by atoms with Crippen LogP contribution in [0.3, 0.4) is 0 Å². The van der Waals surface area contributed by atoms with Crippen LogP contribution in [0.25, 0.3) is 0 Å². The molecule has 9 heteroatoms. The molecule has 1 aromatic heterocycles. The normalized spacial score (nSPS) is 23.9. The van der Waals surface area contributed by atoms with E-state index in [0.717, 1.165) is 0 Å². The van der Waals surface area contributed by atoms with E-state index in [4.69, 9.17) is 32.7 Å². The quantitative estimate of drug-likeness (QED) is 0.665. The monoisotopic (exact) mass is 435 g/mol. The molecule has 0 atom stereocenters. The van der Waals surface area contributed by atoms with Crippen molar-refractivity contribution < 1.29 is 19.1 Å². The molecule has 0 aliphatic heterocycles. The first-order valence-electron chi connectivity index (χ1n) is 9.10. The van der Waals surface area contributed by atoms with Crippen molar-refractivity contribution in [3.05, 3.63) is 52.6 Å². The number of aromatic nitrogens is 1. The van der Waals surface area contributed by atoms with Crippen LogP contribution in [0.5, 0.6) is 11.6 Å². The Kier molecular flexibility index (Phi) is 5.27. The highest BCUT2D eigenvalue weighted by Gasteiger charge is 2.69. The standard InChI is InChI=1S/C20H19Cl2N3O4/c21-13-1-4-15(5-2-13)28-8-16(26)24-19-10-20(11-19,12-19)25-17(27)9-29-18-6-3-14(22)7-23-18/h1-7H,8-12H2,(H,24,26)(H,25,27). The van der Waals surface area contributed by atoms with Gasteiger partial charge in [0.1, 0.15) is 5.75 Å². The van der Waals surface area contributed by atoms with E-state index in [1.165, 1.54) is 6.20 Å². The molecule has 3 aliphatic carbocycles. The first-order chi connectivity index (χ1) is 13.9. The van der Waals surface area contributed by atoms with Crippen LogP contribution in [0.2, 0.25) is 10.0 Å². The van der Waals surface area contributed by atoms with Gasteiger partial charge < -0.3 is 20.1 Å². The van der Waals surface area contributed by atoms with Gasteiger partial charge in [-0.2, -0.15) is 0 Å². The van der Waals surface area contributed by atoms with Gasteiger partial charge in [0.05, 0.1) is 5.02 Å². The van der Waals surface area contributed by atoms with Crippen LogP contribution in [-0.2, 0) is 9.59 Å². The molecule has 7 nitrogen and oxygen atoms in total. The summed E-state index contributed by atoms with van der Waals surface area (Å²) in [5.74, 6) is 0.525. The molecule has 1 aromatic carbocycles. The van der Waals surface area contributed by atoms with Gasteiger partial charge in [-0.15, -0.1) is 0 Å². The number of hydrogen-bond acceptors (Lipinski definition) is 5. The maximum absolute atomic E-state index is 12.1. The summed E-state index contributed by atoms with van der Waals surface area (Å²) in [5.41, 5.74) is -0.496. The molecule has 3 aliphatic rings. The van der Waals surface area contributed by atoms with Crippen LogP contribution in [0, 0.1) is 0 Å². The zero-order valence-electron chi connectivity index (χ0n) is 15.4. The molecule has 2 amide bonds. The van der Waals surface area contributed by atoms with Crippen LogP contribution in [0.1, 0.15) is 19.3 Å². The smallest absolute Gasteiger partial charge is 0.258 e. The fourth-order valence-electron chi connectivity index (χ4n) is 3.98. The number of halogens is 2. The second kappa shape index (κ2) is 7.72. The second-order valence-electron chi connectivity index (χ2n) is 7.53. The van der Waals surface area contributed by atoms with E-state index < -0.39 is 0 Å². The van der Waals surface area contributed by atoms with Crippen molar-refractivity contribution in [2.24, 2.45) is 0 Å². The van der Waals surface area contributed by atoms with Crippen molar-refractivity contribution in [2.75, 3.05) is 13.2 Å². The highest BCUT2D eigenvalue weighted by Crippen LogP contribution is 2.60. The molecule has 1 heterocycles. The Labute approximate surface area is 177 Å². The Balaban J connectivity index is 1.16. The summed E-state index contributed by atoms with van der Waals surface area (Å²) in [6, 6.07) is 10.1. The fraction of sp³-hybridized carbons (Fsp3) is 0.350. The van der Waals surface area contributed by atoms with Crippen molar-refractivity contribution in [3.63, 3.8) is 0 Å². The Morgan fingerprint density at radius 1 is 0.862 bits per heavy atom. The molecule has 0 spiro atoms. The predicted octanol–water partition coefficient (Wildman–Crippen LogP) is 2.75. The number of nitrogens with one attached hydrogen (secondary N) is 2. The summed E-state index contributed by atoms with van der Waals surface area (Å²) in [6.07, 6.45) is 3.58. The van der Waals surface area contributed by atoms with Gasteiger partial charge in [0, 0.05) is 28.4 Å².